The van der Waals surface area contributed by atoms with Gasteiger partial charge in [0, 0.05) is 27.5 Å². The molecule has 0 saturated heterocycles. The highest BCUT2D eigenvalue weighted by molar-refractivity contribution is 6.05. The van der Waals surface area contributed by atoms with Crippen molar-refractivity contribution in [3.8, 4) is 39.6 Å². The van der Waals surface area contributed by atoms with E-state index in [1.807, 2.05) is 36.5 Å². The lowest BCUT2D eigenvalue weighted by atomic mass is 9.80. The van der Waals surface area contributed by atoms with Crippen molar-refractivity contribution in [2.75, 3.05) is 0 Å². The summed E-state index contributed by atoms with van der Waals surface area (Å²) >= 11 is 0. The van der Waals surface area contributed by atoms with E-state index >= 15 is 0 Å². The lowest BCUT2D eigenvalue weighted by Crippen LogP contribution is -2.15. The average Bonchev–Trinajstić information content (AvgIpc) is 3.48. The fraction of sp³-hybridized carbons (Fsp3) is 0.105. The Bertz CT molecular complexity index is 1980. The van der Waals surface area contributed by atoms with E-state index in [0.29, 0.717) is 5.82 Å². The van der Waals surface area contributed by atoms with E-state index in [1.54, 1.807) is 0 Å². The van der Waals surface area contributed by atoms with E-state index in [4.69, 9.17) is 9.97 Å². The van der Waals surface area contributed by atoms with E-state index in [-0.39, 0.29) is 5.41 Å². The zero-order valence-electron chi connectivity index (χ0n) is 23.6. The van der Waals surface area contributed by atoms with Gasteiger partial charge < -0.3 is 4.57 Å². The van der Waals surface area contributed by atoms with Crippen LogP contribution in [-0.4, -0.2) is 14.5 Å². The molecular formula is C38H31N3. The molecule has 0 aliphatic heterocycles. The van der Waals surface area contributed by atoms with Crippen LogP contribution in [0.2, 0.25) is 0 Å². The maximum absolute atomic E-state index is 5.22. The van der Waals surface area contributed by atoms with Gasteiger partial charge in [-0.25, -0.2) is 9.97 Å². The molecule has 3 nitrogen and oxygen atoms in total. The molecule has 0 atom stereocenters. The molecule has 0 bridgehead atoms. The summed E-state index contributed by atoms with van der Waals surface area (Å²) in [6.45, 7) is 11.0. The van der Waals surface area contributed by atoms with Gasteiger partial charge in [0.2, 0.25) is 0 Å². The van der Waals surface area contributed by atoms with Gasteiger partial charge in [-0.1, -0.05) is 130 Å². The molecule has 0 unspecified atom stereocenters. The molecule has 6 aromatic rings. The van der Waals surface area contributed by atoms with Gasteiger partial charge in [-0.05, 0) is 35.2 Å². The second-order valence-corrected chi connectivity index (χ2v) is 11.1. The van der Waals surface area contributed by atoms with Crippen LogP contribution in [0.15, 0.2) is 116 Å². The maximum atomic E-state index is 5.22. The first-order valence-corrected chi connectivity index (χ1v) is 14.1. The fourth-order valence-corrected chi connectivity index (χ4v) is 6.53. The molecule has 2 heterocycles. The zero-order valence-corrected chi connectivity index (χ0v) is 23.6. The fourth-order valence-electron chi connectivity index (χ4n) is 6.53. The highest BCUT2D eigenvalue weighted by atomic mass is 15.1. The Hall–Kier alpha value is -5.02. The lowest BCUT2D eigenvalue weighted by Gasteiger charge is -2.22. The van der Waals surface area contributed by atoms with Crippen molar-refractivity contribution in [2.45, 2.75) is 26.2 Å². The molecule has 3 heteroatoms. The lowest BCUT2D eigenvalue weighted by molar-refractivity contribution is 0.666. The number of benzene rings is 4. The summed E-state index contributed by atoms with van der Waals surface area (Å²) in [6.07, 6.45) is 8.27. The molecule has 198 valence electrons. The largest absolute Gasteiger partial charge is 0.305 e. The molecule has 1 aliphatic carbocycles. The summed E-state index contributed by atoms with van der Waals surface area (Å²) in [6, 6.07) is 33.9. The molecule has 4 aromatic carbocycles. The van der Waals surface area contributed by atoms with Crippen LogP contribution in [-0.2, 0) is 5.41 Å². The van der Waals surface area contributed by atoms with Crippen LogP contribution in [0.1, 0.15) is 43.0 Å². The first-order chi connectivity index (χ1) is 20.0. The summed E-state index contributed by atoms with van der Waals surface area (Å²) in [7, 11) is 0. The molecule has 2 aromatic heterocycles. The molecule has 41 heavy (non-hydrogen) atoms. The predicted octanol–water partition coefficient (Wildman–Crippen LogP) is 9.74. The zero-order chi connectivity index (χ0) is 28.1. The van der Waals surface area contributed by atoms with E-state index in [0.717, 1.165) is 33.6 Å². The maximum Gasteiger partial charge on any atom is 0.159 e. The molecular weight excluding hydrogens is 498 g/mol. The molecule has 0 saturated carbocycles. The normalized spacial score (nSPS) is 13.4. The summed E-state index contributed by atoms with van der Waals surface area (Å²) < 4.78 is 2.39. The SMILES string of the molecule is C=Cc1c(/C=C\C)ccc2c1c1c(n2-c2cnc(-c3ccccc3)nc2-c2ccccc2)-c2ccccc2C1(C)C. The molecule has 0 fully saturated rings. The number of hydrogen-bond acceptors (Lipinski definition) is 2. The third-order valence-electron chi connectivity index (χ3n) is 8.33. The van der Waals surface area contributed by atoms with Crippen molar-refractivity contribution in [3.05, 3.63) is 138 Å². The van der Waals surface area contributed by atoms with Crippen LogP contribution in [0.25, 0.3) is 62.6 Å². The molecule has 7 rings (SSSR count). The summed E-state index contributed by atoms with van der Waals surface area (Å²) in [5.74, 6) is 0.712. The monoisotopic (exact) mass is 529 g/mol. The highest BCUT2D eigenvalue weighted by Crippen LogP contribution is 2.55. The van der Waals surface area contributed by atoms with Gasteiger partial charge in [0.25, 0.3) is 0 Å². The quantitative estimate of drug-likeness (QED) is 0.222. The second kappa shape index (κ2) is 9.57. The Morgan fingerprint density at radius 2 is 1.49 bits per heavy atom. The van der Waals surface area contributed by atoms with Crippen LogP contribution < -0.4 is 0 Å². The summed E-state index contributed by atoms with van der Waals surface area (Å²) in [4.78, 5) is 10.2. The van der Waals surface area contributed by atoms with Crippen molar-refractivity contribution in [2.24, 2.45) is 0 Å². The first-order valence-electron chi connectivity index (χ1n) is 14.1. The Balaban J connectivity index is 1.64. The number of nitrogens with zero attached hydrogens (tertiary/aromatic N) is 3. The third kappa shape index (κ3) is 3.73. The highest BCUT2D eigenvalue weighted by Gasteiger charge is 2.41. The summed E-state index contributed by atoms with van der Waals surface area (Å²) in [5, 5.41) is 1.23. The van der Waals surface area contributed by atoms with Crippen LogP contribution in [0.4, 0.5) is 0 Å². The van der Waals surface area contributed by atoms with Crippen molar-refractivity contribution in [1.29, 1.82) is 0 Å². The van der Waals surface area contributed by atoms with Crippen molar-refractivity contribution in [1.82, 2.24) is 14.5 Å². The topological polar surface area (TPSA) is 30.7 Å². The molecule has 0 amide bonds. The predicted molar refractivity (Wildman–Crippen MR) is 172 cm³/mol. The van der Waals surface area contributed by atoms with Gasteiger partial charge in [0.1, 0.15) is 0 Å². The van der Waals surface area contributed by atoms with E-state index in [2.05, 4.69) is 117 Å². The van der Waals surface area contributed by atoms with E-state index in [9.17, 15) is 0 Å². The Morgan fingerprint density at radius 1 is 0.805 bits per heavy atom. The van der Waals surface area contributed by atoms with Crippen LogP contribution >= 0.6 is 0 Å². The van der Waals surface area contributed by atoms with Crippen LogP contribution in [0, 0.1) is 0 Å². The van der Waals surface area contributed by atoms with Gasteiger partial charge >= 0.3 is 0 Å². The molecule has 0 spiro atoms. The Morgan fingerprint density at radius 3 is 2.20 bits per heavy atom. The number of hydrogen-bond donors (Lipinski definition) is 0. The van der Waals surface area contributed by atoms with Gasteiger partial charge in [-0.15, -0.1) is 0 Å². The third-order valence-corrected chi connectivity index (χ3v) is 8.33. The smallest absolute Gasteiger partial charge is 0.159 e. The number of allylic oxidation sites excluding steroid dienone is 1. The van der Waals surface area contributed by atoms with E-state index in [1.165, 1.54) is 33.3 Å². The average molecular weight is 530 g/mol. The minimum atomic E-state index is -0.195. The van der Waals surface area contributed by atoms with Crippen molar-refractivity contribution in [3.63, 3.8) is 0 Å². The number of aromatic nitrogens is 3. The second-order valence-electron chi connectivity index (χ2n) is 11.1. The van der Waals surface area contributed by atoms with Gasteiger partial charge in [0.05, 0.1) is 28.8 Å². The van der Waals surface area contributed by atoms with Crippen molar-refractivity contribution >= 4 is 23.1 Å². The van der Waals surface area contributed by atoms with Gasteiger partial charge in [-0.2, -0.15) is 0 Å². The van der Waals surface area contributed by atoms with Crippen LogP contribution in [0.3, 0.4) is 0 Å². The van der Waals surface area contributed by atoms with Gasteiger partial charge in [0.15, 0.2) is 5.82 Å². The van der Waals surface area contributed by atoms with Crippen molar-refractivity contribution < 1.29 is 0 Å². The summed E-state index contributed by atoms with van der Waals surface area (Å²) in [5.41, 5.74) is 12.3. The minimum Gasteiger partial charge on any atom is -0.305 e. The van der Waals surface area contributed by atoms with Crippen LogP contribution in [0.5, 0.6) is 0 Å². The number of fused-ring (bicyclic) bond motifs is 5. The van der Waals surface area contributed by atoms with E-state index < -0.39 is 0 Å². The standard InChI is InChI=1S/C38H31N3/c1-5-15-25-22-23-31-33(28(25)6-2)34-36(29-20-13-14-21-30(29)38(34,3)4)41(31)32-24-39-37(27-18-11-8-12-19-27)40-35(32)26-16-9-7-10-17-26/h5-24H,2H2,1,3-4H3/b15-5-. The minimum absolute atomic E-state index is 0.195. The molecule has 1 aliphatic rings. The molecule has 0 radical (unpaired) electrons. The first kappa shape index (κ1) is 25.0. The Labute approximate surface area is 241 Å². The molecule has 0 N–H and O–H groups in total. The van der Waals surface area contributed by atoms with Gasteiger partial charge in [-0.3, -0.25) is 0 Å². The number of rotatable bonds is 5. The Kier molecular flexibility index (Phi) is 5.83.